The van der Waals surface area contributed by atoms with Gasteiger partial charge in [0.05, 0.1) is 5.54 Å². The first-order valence-electron chi connectivity index (χ1n) is 8.33. The molecule has 1 aromatic heterocycles. The number of aromatic nitrogens is 2. The fraction of sp³-hybridized carbons (Fsp3) is 0.875. The Morgan fingerprint density at radius 1 is 1.33 bits per heavy atom. The van der Waals surface area contributed by atoms with Crippen LogP contribution in [0.4, 0.5) is 0 Å². The predicted molar refractivity (Wildman–Crippen MR) is 81.7 cm³/mol. The first kappa shape index (κ1) is 16.4. The van der Waals surface area contributed by atoms with Crippen LogP contribution < -0.4 is 5.73 Å². The minimum absolute atomic E-state index is 0.0507. The fourth-order valence-corrected chi connectivity index (χ4v) is 3.25. The summed E-state index contributed by atoms with van der Waals surface area (Å²) in [4.78, 5) is 4.57. The van der Waals surface area contributed by atoms with Crippen LogP contribution in [0.2, 0.25) is 0 Å². The zero-order valence-corrected chi connectivity index (χ0v) is 13.6. The molecule has 120 valence electrons. The van der Waals surface area contributed by atoms with Crippen molar-refractivity contribution in [3.05, 3.63) is 11.7 Å². The average molecular weight is 295 g/mol. The smallest absolute Gasteiger partial charge is 0.246 e. The summed E-state index contributed by atoms with van der Waals surface area (Å²) >= 11 is 0. The largest absolute Gasteiger partial charge is 0.370 e. The molecule has 5 nitrogen and oxygen atoms in total. The lowest BCUT2D eigenvalue weighted by Gasteiger charge is -2.27. The fourth-order valence-electron chi connectivity index (χ4n) is 3.25. The third-order valence-electron chi connectivity index (χ3n) is 4.38. The van der Waals surface area contributed by atoms with Crippen LogP contribution in [0.15, 0.2) is 4.52 Å². The summed E-state index contributed by atoms with van der Waals surface area (Å²) in [5, 5.41) is 4.17. The lowest BCUT2D eigenvalue weighted by atomic mass is 9.85. The molecule has 0 saturated heterocycles. The molecular weight excluding hydrogens is 266 g/mol. The maximum Gasteiger partial charge on any atom is 0.246 e. The highest BCUT2D eigenvalue weighted by molar-refractivity contribution is 5.02. The van der Waals surface area contributed by atoms with Crippen molar-refractivity contribution in [2.24, 2.45) is 11.7 Å². The number of nitrogens with two attached hydrogens (primary N) is 1. The Labute approximate surface area is 127 Å². The predicted octanol–water partition coefficient (Wildman–Crippen LogP) is 3.70. The van der Waals surface area contributed by atoms with Crippen LogP contribution in [0.25, 0.3) is 0 Å². The highest BCUT2D eigenvalue weighted by Gasteiger charge is 2.33. The van der Waals surface area contributed by atoms with E-state index in [1.54, 1.807) is 0 Å². The van der Waals surface area contributed by atoms with Crippen LogP contribution in [-0.4, -0.2) is 16.7 Å². The van der Waals surface area contributed by atoms with Crippen molar-refractivity contribution in [2.75, 3.05) is 6.61 Å². The molecule has 5 heteroatoms. The van der Waals surface area contributed by atoms with E-state index in [1.165, 1.54) is 32.1 Å². The Hall–Kier alpha value is -0.940. The van der Waals surface area contributed by atoms with E-state index in [4.69, 9.17) is 15.0 Å². The van der Waals surface area contributed by atoms with Gasteiger partial charge in [0.1, 0.15) is 6.10 Å². The van der Waals surface area contributed by atoms with E-state index in [2.05, 4.69) is 17.1 Å². The summed E-state index contributed by atoms with van der Waals surface area (Å²) in [7, 11) is 0. The quantitative estimate of drug-likeness (QED) is 0.830. The first-order chi connectivity index (χ1) is 10.1. The van der Waals surface area contributed by atoms with Crippen molar-refractivity contribution in [3.63, 3.8) is 0 Å². The number of hydrogen-bond acceptors (Lipinski definition) is 5. The summed E-state index contributed by atoms with van der Waals surface area (Å²) in [5.41, 5.74) is 5.73. The Morgan fingerprint density at radius 2 is 2.05 bits per heavy atom. The van der Waals surface area contributed by atoms with Gasteiger partial charge >= 0.3 is 0 Å². The Morgan fingerprint density at radius 3 is 2.67 bits per heavy atom. The van der Waals surface area contributed by atoms with Crippen LogP contribution in [0.1, 0.15) is 83.5 Å². The SMILES string of the molecule is CCCC(C)(N)c1nc(C(OCC)C2CCCCC2)no1. The monoisotopic (exact) mass is 295 g/mol. The highest BCUT2D eigenvalue weighted by atomic mass is 16.5. The third-order valence-corrected chi connectivity index (χ3v) is 4.38. The molecule has 2 unspecified atom stereocenters. The molecule has 1 aromatic rings. The van der Waals surface area contributed by atoms with Crippen molar-refractivity contribution in [1.29, 1.82) is 0 Å². The minimum Gasteiger partial charge on any atom is -0.370 e. The number of nitrogens with zero attached hydrogens (tertiary/aromatic N) is 2. The van der Waals surface area contributed by atoms with Crippen molar-refractivity contribution in [2.45, 2.75) is 77.4 Å². The molecule has 1 aliphatic rings. The van der Waals surface area contributed by atoms with Gasteiger partial charge in [0.25, 0.3) is 0 Å². The molecule has 2 N–H and O–H groups in total. The van der Waals surface area contributed by atoms with E-state index >= 15 is 0 Å². The van der Waals surface area contributed by atoms with Gasteiger partial charge in [0.15, 0.2) is 0 Å². The maximum absolute atomic E-state index is 6.28. The molecule has 0 radical (unpaired) electrons. The highest BCUT2D eigenvalue weighted by Crippen LogP contribution is 2.36. The van der Waals surface area contributed by atoms with E-state index in [0.717, 1.165) is 12.8 Å². The summed E-state index contributed by atoms with van der Waals surface area (Å²) in [5.74, 6) is 1.70. The van der Waals surface area contributed by atoms with Crippen molar-refractivity contribution in [1.82, 2.24) is 10.1 Å². The topological polar surface area (TPSA) is 74.2 Å². The molecule has 21 heavy (non-hydrogen) atoms. The van der Waals surface area contributed by atoms with Gasteiger partial charge in [-0.05, 0) is 39.0 Å². The van der Waals surface area contributed by atoms with E-state index in [1.807, 2.05) is 13.8 Å². The maximum atomic E-state index is 6.28. The number of rotatable bonds is 7. The van der Waals surface area contributed by atoms with Gasteiger partial charge in [-0.1, -0.05) is 37.8 Å². The van der Waals surface area contributed by atoms with E-state index in [0.29, 0.717) is 24.2 Å². The molecule has 1 aliphatic carbocycles. The third kappa shape index (κ3) is 4.04. The molecule has 0 aliphatic heterocycles. The van der Waals surface area contributed by atoms with E-state index in [9.17, 15) is 0 Å². The normalized spacial score (nSPS) is 21.1. The van der Waals surface area contributed by atoms with Crippen LogP contribution in [0, 0.1) is 5.92 Å². The van der Waals surface area contributed by atoms with Gasteiger partial charge in [-0.2, -0.15) is 4.98 Å². The second-order valence-electron chi connectivity index (χ2n) is 6.40. The summed E-state index contributed by atoms with van der Waals surface area (Å²) in [6.07, 6.45) is 7.99. The summed E-state index contributed by atoms with van der Waals surface area (Å²) < 4.78 is 11.4. The van der Waals surface area contributed by atoms with Crippen molar-refractivity contribution in [3.8, 4) is 0 Å². The Balaban J connectivity index is 2.15. The molecule has 1 heterocycles. The van der Waals surface area contributed by atoms with Gasteiger partial charge in [0.2, 0.25) is 11.7 Å². The molecule has 0 aromatic carbocycles. The Kier molecular flexibility index (Phi) is 5.76. The number of hydrogen-bond donors (Lipinski definition) is 1. The molecule has 1 fully saturated rings. The Bertz CT molecular complexity index is 425. The second kappa shape index (κ2) is 7.36. The van der Waals surface area contributed by atoms with E-state index in [-0.39, 0.29) is 6.10 Å². The molecule has 0 spiro atoms. The lowest BCUT2D eigenvalue weighted by molar-refractivity contribution is -0.00145. The molecular formula is C16H29N3O2. The molecule has 1 saturated carbocycles. The van der Waals surface area contributed by atoms with Gasteiger partial charge in [-0.3, -0.25) is 0 Å². The average Bonchev–Trinajstić information content (AvgIpc) is 2.96. The van der Waals surface area contributed by atoms with Crippen LogP contribution in [0.5, 0.6) is 0 Å². The zero-order valence-electron chi connectivity index (χ0n) is 13.6. The van der Waals surface area contributed by atoms with Crippen molar-refractivity contribution < 1.29 is 9.26 Å². The van der Waals surface area contributed by atoms with Gasteiger partial charge in [-0.15, -0.1) is 0 Å². The second-order valence-corrected chi connectivity index (χ2v) is 6.40. The van der Waals surface area contributed by atoms with E-state index < -0.39 is 5.54 Å². The summed E-state index contributed by atoms with van der Waals surface area (Å²) in [6, 6.07) is 0. The van der Waals surface area contributed by atoms with Gasteiger partial charge in [-0.25, -0.2) is 0 Å². The summed E-state index contributed by atoms with van der Waals surface area (Å²) in [6.45, 7) is 6.73. The molecule has 2 rings (SSSR count). The van der Waals surface area contributed by atoms with Crippen LogP contribution in [0.3, 0.4) is 0 Å². The van der Waals surface area contributed by atoms with Crippen LogP contribution >= 0.6 is 0 Å². The van der Waals surface area contributed by atoms with Gasteiger partial charge in [0, 0.05) is 6.61 Å². The lowest BCUT2D eigenvalue weighted by Crippen LogP contribution is -2.33. The zero-order chi connectivity index (χ0) is 15.3. The standard InChI is InChI=1S/C16H29N3O2/c1-4-11-16(3,17)15-18-14(19-21-15)13(20-5-2)12-9-7-6-8-10-12/h12-13H,4-11,17H2,1-3H3. The molecule has 0 amide bonds. The van der Waals surface area contributed by atoms with Crippen LogP contribution in [-0.2, 0) is 10.3 Å². The van der Waals surface area contributed by atoms with Gasteiger partial charge < -0.3 is 15.0 Å². The molecule has 0 bridgehead atoms. The van der Waals surface area contributed by atoms with Crippen molar-refractivity contribution >= 4 is 0 Å². The first-order valence-corrected chi connectivity index (χ1v) is 8.33. The molecule has 2 atom stereocenters. The minimum atomic E-state index is -0.552. The number of ether oxygens (including phenoxy) is 1.